The molecular formula is C18H36O3Si. The molecule has 1 atom stereocenters. The van der Waals surface area contributed by atoms with Crippen LogP contribution in [-0.4, -0.2) is 31.9 Å². The minimum atomic E-state index is -1.84. The summed E-state index contributed by atoms with van der Waals surface area (Å²) in [6.07, 6.45) is 8.69. The monoisotopic (exact) mass is 328 g/mol. The van der Waals surface area contributed by atoms with Gasteiger partial charge in [-0.3, -0.25) is 4.79 Å². The maximum absolute atomic E-state index is 11.7. The lowest BCUT2D eigenvalue weighted by Gasteiger charge is -2.36. The van der Waals surface area contributed by atoms with Crippen LogP contribution in [0.3, 0.4) is 0 Å². The number of carbonyl (C=O) groups is 1. The SMILES string of the molecule is CCCCCCCC(=O)/C=C/C(O)CO[Si](C)(C)C(C)(C)C. The Morgan fingerprint density at radius 2 is 1.77 bits per heavy atom. The van der Waals surface area contributed by atoms with E-state index in [9.17, 15) is 9.90 Å². The fourth-order valence-corrected chi connectivity index (χ4v) is 2.79. The van der Waals surface area contributed by atoms with E-state index in [1.165, 1.54) is 25.3 Å². The first-order chi connectivity index (χ1) is 10.1. The van der Waals surface area contributed by atoms with Gasteiger partial charge in [-0.15, -0.1) is 0 Å². The molecule has 0 aromatic carbocycles. The minimum absolute atomic E-state index is 0.0999. The van der Waals surface area contributed by atoms with Gasteiger partial charge in [-0.1, -0.05) is 59.5 Å². The molecule has 0 saturated heterocycles. The van der Waals surface area contributed by atoms with Crippen LogP contribution in [0.2, 0.25) is 18.1 Å². The third-order valence-electron chi connectivity index (χ3n) is 4.45. The highest BCUT2D eigenvalue weighted by molar-refractivity contribution is 6.74. The van der Waals surface area contributed by atoms with Gasteiger partial charge in [0.25, 0.3) is 0 Å². The standard InChI is InChI=1S/C18H36O3Si/c1-7-8-9-10-11-12-16(19)13-14-17(20)15-21-22(5,6)18(2,3)4/h13-14,17,20H,7-12,15H2,1-6H3/b14-13+. The number of hydrogen-bond acceptors (Lipinski definition) is 3. The molecule has 0 amide bonds. The van der Waals surface area contributed by atoms with E-state index >= 15 is 0 Å². The van der Waals surface area contributed by atoms with Crippen molar-refractivity contribution >= 4 is 14.1 Å². The van der Waals surface area contributed by atoms with Gasteiger partial charge in [-0.2, -0.15) is 0 Å². The molecule has 0 aromatic heterocycles. The molecule has 1 unspecified atom stereocenters. The Bertz CT molecular complexity index is 343. The van der Waals surface area contributed by atoms with Gasteiger partial charge in [-0.25, -0.2) is 0 Å². The van der Waals surface area contributed by atoms with Crippen LogP contribution in [0.5, 0.6) is 0 Å². The average Bonchev–Trinajstić information content (AvgIpc) is 2.41. The Morgan fingerprint density at radius 1 is 1.18 bits per heavy atom. The second-order valence-corrected chi connectivity index (χ2v) is 12.4. The average molecular weight is 329 g/mol. The lowest BCUT2D eigenvalue weighted by molar-refractivity contribution is -0.114. The zero-order chi connectivity index (χ0) is 17.2. The number of rotatable bonds is 11. The predicted molar refractivity (Wildman–Crippen MR) is 96.7 cm³/mol. The minimum Gasteiger partial charge on any atom is -0.414 e. The van der Waals surface area contributed by atoms with Crippen LogP contribution in [0.25, 0.3) is 0 Å². The molecule has 0 radical (unpaired) electrons. The Kier molecular flexibility index (Phi) is 10.1. The highest BCUT2D eigenvalue weighted by atomic mass is 28.4. The summed E-state index contributed by atoms with van der Waals surface area (Å²) in [6, 6.07) is 0. The van der Waals surface area contributed by atoms with E-state index < -0.39 is 14.4 Å². The van der Waals surface area contributed by atoms with E-state index in [4.69, 9.17) is 4.43 Å². The number of aliphatic hydroxyl groups is 1. The van der Waals surface area contributed by atoms with Crippen LogP contribution in [0, 0.1) is 0 Å². The molecule has 22 heavy (non-hydrogen) atoms. The molecule has 0 saturated carbocycles. The van der Waals surface area contributed by atoms with Crippen molar-refractivity contribution in [3.8, 4) is 0 Å². The predicted octanol–water partition coefficient (Wildman–Crippen LogP) is 4.85. The molecule has 130 valence electrons. The van der Waals surface area contributed by atoms with Gasteiger partial charge in [0.2, 0.25) is 0 Å². The maximum atomic E-state index is 11.7. The van der Waals surface area contributed by atoms with E-state index in [1.807, 2.05) is 0 Å². The van der Waals surface area contributed by atoms with Crippen LogP contribution >= 0.6 is 0 Å². The summed E-state index contributed by atoms with van der Waals surface area (Å²) in [6.45, 7) is 13.3. The summed E-state index contributed by atoms with van der Waals surface area (Å²) >= 11 is 0. The normalized spacial score (nSPS) is 14.5. The van der Waals surface area contributed by atoms with Gasteiger partial charge in [0.15, 0.2) is 14.1 Å². The first-order valence-electron chi connectivity index (χ1n) is 8.63. The van der Waals surface area contributed by atoms with E-state index in [0.717, 1.165) is 12.8 Å². The van der Waals surface area contributed by atoms with Crippen molar-refractivity contribution < 1.29 is 14.3 Å². The Labute approximate surface area is 138 Å². The van der Waals surface area contributed by atoms with E-state index in [2.05, 4.69) is 40.8 Å². The van der Waals surface area contributed by atoms with Crippen molar-refractivity contribution in [3.05, 3.63) is 12.2 Å². The zero-order valence-electron chi connectivity index (χ0n) is 15.4. The second kappa shape index (κ2) is 10.3. The van der Waals surface area contributed by atoms with E-state index in [-0.39, 0.29) is 17.4 Å². The smallest absolute Gasteiger partial charge is 0.192 e. The lowest BCUT2D eigenvalue weighted by Crippen LogP contribution is -2.42. The number of allylic oxidation sites excluding steroid dienone is 1. The molecule has 0 fully saturated rings. The Morgan fingerprint density at radius 3 is 2.32 bits per heavy atom. The molecule has 0 aromatic rings. The third-order valence-corrected chi connectivity index (χ3v) is 8.95. The van der Waals surface area contributed by atoms with Gasteiger partial charge in [-0.05, 0) is 30.6 Å². The molecule has 1 N–H and O–H groups in total. The molecule has 0 aliphatic heterocycles. The molecule has 0 aliphatic carbocycles. The summed E-state index contributed by atoms with van der Waals surface area (Å²) in [5.41, 5.74) is 0. The summed E-state index contributed by atoms with van der Waals surface area (Å²) in [5, 5.41) is 10.1. The van der Waals surface area contributed by atoms with Crippen molar-refractivity contribution in [2.24, 2.45) is 0 Å². The third kappa shape index (κ3) is 9.54. The van der Waals surface area contributed by atoms with Gasteiger partial charge >= 0.3 is 0 Å². The highest BCUT2D eigenvalue weighted by Crippen LogP contribution is 2.36. The van der Waals surface area contributed by atoms with Crippen molar-refractivity contribution in [3.63, 3.8) is 0 Å². The summed E-state index contributed by atoms with van der Waals surface area (Å²) in [4.78, 5) is 11.7. The Hall–Kier alpha value is -0.453. The van der Waals surface area contributed by atoms with E-state index in [0.29, 0.717) is 6.42 Å². The topological polar surface area (TPSA) is 46.5 Å². The molecule has 3 nitrogen and oxygen atoms in total. The van der Waals surface area contributed by atoms with Gasteiger partial charge < -0.3 is 9.53 Å². The van der Waals surface area contributed by atoms with Gasteiger partial charge in [0.05, 0.1) is 12.7 Å². The molecule has 4 heteroatoms. The van der Waals surface area contributed by atoms with Crippen molar-refractivity contribution in [1.82, 2.24) is 0 Å². The molecule has 0 heterocycles. The lowest BCUT2D eigenvalue weighted by atomic mass is 10.1. The Balaban J connectivity index is 4.00. The molecule has 0 bridgehead atoms. The molecule has 0 rings (SSSR count). The van der Waals surface area contributed by atoms with Crippen LogP contribution in [-0.2, 0) is 9.22 Å². The highest BCUT2D eigenvalue weighted by Gasteiger charge is 2.37. The van der Waals surface area contributed by atoms with Crippen LogP contribution in [0.1, 0.15) is 66.2 Å². The van der Waals surface area contributed by atoms with Gasteiger partial charge in [0.1, 0.15) is 0 Å². The summed E-state index contributed by atoms with van der Waals surface area (Å²) in [5.74, 6) is 0.0999. The van der Waals surface area contributed by atoms with Gasteiger partial charge in [0, 0.05) is 6.42 Å². The molecule has 0 spiro atoms. The first kappa shape index (κ1) is 21.5. The van der Waals surface area contributed by atoms with Crippen molar-refractivity contribution in [1.29, 1.82) is 0 Å². The fourth-order valence-electron chi connectivity index (χ4n) is 1.77. The zero-order valence-corrected chi connectivity index (χ0v) is 16.4. The summed E-state index contributed by atoms with van der Waals surface area (Å²) < 4.78 is 5.94. The fraction of sp³-hybridized carbons (Fsp3) is 0.833. The number of ketones is 1. The van der Waals surface area contributed by atoms with Crippen LogP contribution < -0.4 is 0 Å². The van der Waals surface area contributed by atoms with E-state index in [1.54, 1.807) is 6.08 Å². The first-order valence-corrected chi connectivity index (χ1v) is 11.5. The number of carbonyl (C=O) groups excluding carboxylic acids is 1. The largest absolute Gasteiger partial charge is 0.414 e. The second-order valence-electron chi connectivity index (χ2n) is 7.63. The van der Waals surface area contributed by atoms with Crippen LogP contribution in [0.15, 0.2) is 12.2 Å². The number of aliphatic hydroxyl groups excluding tert-OH is 1. The number of hydrogen-bond donors (Lipinski definition) is 1. The number of unbranched alkanes of at least 4 members (excludes halogenated alkanes) is 4. The van der Waals surface area contributed by atoms with Crippen molar-refractivity contribution in [2.45, 2.75) is 90.5 Å². The van der Waals surface area contributed by atoms with Crippen LogP contribution in [0.4, 0.5) is 0 Å². The molecular weight excluding hydrogens is 292 g/mol. The molecule has 0 aliphatic rings. The quantitative estimate of drug-likeness (QED) is 0.335. The summed E-state index contributed by atoms with van der Waals surface area (Å²) in [7, 11) is -1.84. The maximum Gasteiger partial charge on any atom is 0.192 e. The van der Waals surface area contributed by atoms with Crippen molar-refractivity contribution in [2.75, 3.05) is 6.61 Å².